The first-order valence-corrected chi connectivity index (χ1v) is 17.9. The highest BCUT2D eigenvalue weighted by Crippen LogP contribution is 2.48. The van der Waals surface area contributed by atoms with Crippen LogP contribution in [0.25, 0.3) is 27.4 Å². The van der Waals surface area contributed by atoms with E-state index in [0.29, 0.717) is 18.1 Å². The SMILES string of the molecule is O=S(=O)([O-])CCCN1/C(=C/c2sc3ccc(-c4ccsc4)cc3[n+]2CCCS(=O)(=O)[O-])Sc2ccc(Cl)cc21. The number of benzene rings is 2. The lowest BCUT2D eigenvalue weighted by Gasteiger charge is -2.20. The summed E-state index contributed by atoms with van der Waals surface area (Å²) < 4.78 is 70.6. The van der Waals surface area contributed by atoms with Crippen LogP contribution >= 0.6 is 46.0 Å². The summed E-state index contributed by atoms with van der Waals surface area (Å²) in [6.45, 7) is 0.626. The molecule has 0 spiro atoms. The third kappa shape index (κ3) is 7.03. The van der Waals surface area contributed by atoms with Crippen LogP contribution in [0, 0.1) is 0 Å². The average molecular weight is 642 g/mol. The molecule has 0 radical (unpaired) electrons. The monoisotopic (exact) mass is 641 g/mol. The fraction of sp³-hybridized carbons (Fsp3) is 0.240. The maximum atomic E-state index is 11.3. The zero-order chi connectivity index (χ0) is 27.8. The van der Waals surface area contributed by atoms with Gasteiger partial charge in [-0.05, 0) is 58.6 Å². The van der Waals surface area contributed by atoms with Crippen LogP contribution in [0.1, 0.15) is 17.8 Å². The number of anilines is 1. The molecule has 5 rings (SSSR count). The van der Waals surface area contributed by atoms with Crippen LogP contribution in [-0.4, -0.2) is 44.0 Å². The second kappa shape index (κ2) is 11.5. The number of thiophene rings is 1. The molecule has 3 heterocycles. The number of aryl methyl sites for hydroxylation is 1. The Hall–Kier alpha value is -1.97. The van der Waals surface area contributed by atoms with Gasteiger partial charge in [-0.15, -0.1) is 0 Å². The fourth-order valence-corrected chi connectivity index (χ4v) is 8.45. The van der Waals surface area contributed by atoms with Crippen molar-refractivity contribution in [2.75, 3.05) is 23.0 Å². The zero-order valence-electron chi connectivity index (χ0n) is 20.3. The first kappa shape index (κ1) is 28.6. The molecule has 8 nitrogen and oxygen atoms in total. The van der Waals surface area contributed by atoms with Crippen LogP contribution in [0.15, 0.2) is 63.1 Å². The quantitative estimate of drug-likeness (QED) is 0.168. The molecule has 0 amide bonds. The molecule has 0 bridgehead atoms. The van der Waals surface area contributed by atoms with Crippen molar-refractivity contribution in [2.45, 2.75) is 24.3 Å². The van der Waals surface area contributed by atoms with Crippen molar-refractivity contribution in [2.24, 2.45) is 0 Å². The Morgan fingerprint density at radius 3 is 2.44 bits per heavy atom. The third-order valence-electron chi connectivity index (χ3n) is 6.08. The van der Waals surface area contributed by atoms with Crippen LogP contribution in [-0.2, 0) is 26.8 Å². The second-order valence-corrected chi connectivity index (χ2v) is 15.3. The summed E-state index contributed by atoms with van der Waals surface area (Å²) >= 11 is 10.9. The molecule has 0 N–H and O–H groups in total. The molecule has 39 heavy (non-hydrogen) atoms. The minimum absolute atomic E-state index is 0.146. The van der Waals surface area contributed by atoms with Gasteiger partial charge in [0.15, 0.2) is 6.54 Å². The molecule has 0 atom stereocenters. The average Bonchev–Trinajstić information content (AvgIpc) is 3.57. The van der Waals surface area contributed by atoms with E-state index in [1.54, 1.807) is 17.4 Å². The summed E-state index contributed by atoms with van der Waals surface area (Å²) in [6.07, 6.45) is 2.29. The molecule has 0 saturated carbocycles. The van der Waals surface area contributed by atoms with Crippen LogP contribution in [0.4, 0.5) is 5.69 Å². The Morgan fingerprint density at radius 2 is 1.72 bits per heavy atom. The molecular formula is C25H22ClN2O6S5-. The summed E-state index contributed by atoms with van der Waals surface area (Å²) in [7, 11) is -8.71. The first-order valence-electron chi connectivity index (χ1n) is 11.8. The minimum atomic E-state index is -4.35. The van der Waals surface area contributed by atoms with E-state index in [-0.39, 0.29) is 12.8 Å². The van der Waals surface area contributed by atoms with E-state index in [1.165, 1.54) is 23.1 Å². The Morgan fingerprint density at radius 1 is 0.949 bits per heavy atom. The van der Waals surface area contributed by atoms with Gasteiger partial charge in [-0.3, -0.25) is 0 Å². The van der Waals surface area contributed by atoms with E-state index in [2.05, 4.69) is 11.4 Å². The number of hydrogen-bond acceptors (Lipinski definition) is 10. The smallest absolute Gasteiger partial charge is 0.265 e. The van der Waals surface area contributed by atoms with Gasteiger partial charge < -0.3 is 14.0 Å². The van der Waals surface area contributed by atoms with Crippen molar-refractivity contribution in [1.82, 2.24) is 0 Å². The lowest BCUT2D eigenvalue weighted by Crippen LogP contribution is -2.36. The van der Waals surface area contributed by atoms with Gasteiger partial charge in [-0.2, -0.15) is 15.9 Å². The Kier molecular flexibility index (Phi) is 8.41. The molecule has 0 unspecified atom stereocenters. The number of aromatic nitrogens is 1. The molecule has 206 valence electrons. The highest BCUT2D eigenvalue weighted by atomic mass is 35.5. The molecule has 2 aromatic carbocycles. The molecule has 0 fully saturated rings. The normalized spacial score (nSPS) is 14.9. The lowest BCUT2D eigenvalue weighted by atomic mass is 10.1. The number of rotatable bonds is 10. The minimum Gasteiger partial charge on any atom is -0.748 e. The Labute approximate surface area is 244 Å². The van der Waals surface area contributed by atoms with Crippen LogP contribution in [0.2, 0.25) is 5.02 Å². The molecular weight excluding hydrogens is 620 g/mol. The number of thioether (sulfide) groups is 1. The summed E-state index contributed by atoms with van der Waals surface area (Å²) in [5.41, 5.74) is 3.86. The van der Waals surface area contributed by atoms with E-state index < -0.39 is 31.7 Å². The number of fused-ring (bicyclic) bond motifs is 2. The van der Waals surface area contributed by atoms with Gasteiger partial charge >= 0.3 is 0 Å². The van der Waals surface area contributed by atoms with Crippen LogP contribution in [0.5, 0.6) is 0 Å². The number of hydrogen-bond donors (Lipinski definition) is 0. The van der Waals surface area contributed by atoms with Gasteiger partial charge in [0.2, 0.25) is 5.52 Å². The van der Waals surface area contributed by atoms with Crippen molar-refractivity contribution >= 4 is 88.3 Å². The Balaban J connectivity index is 1.56. The van der Waals surface area contributed by atoms with E-state index >= 15 is 0 Å². The van der Waals surface area contributed by atoms with Gasteiger partial charge in [-0.25, -0.2) is 16.8 Å². The van der Waals surface area contributed by atoms with Gasteiger partial charge in [0.25, 0.3) is 5.01 Å². The summed E-state index contributed by atoms with van der Waals surface area (Å²) in [4.78, 5) is 2.89. The maximum absolute atomic E-state index is 11.3. The Bertz CT molecular complexity index is 1770. The van der Waals surface area contributed by atoms with Gasteiger partial charge in [0.05, 0.1) is 37.0 Å². The van der Waals surface area contributed by atoms with Gasteiger partial charge in [0.1, 0.15) is 4.70 Å². The van der Waals surface area contributed by atoms with Crippen molar-refractivity contribution in [1.29, 1.82) is 0 Å². The van der Waals surface area contributed by atoms with E-state index in [4.69, 9.17) is 11.6 Å². The molecule has 0 saturated heterocycles. The number of nitrogens with zero attached hydrogens (tertiary/aromatic N) is 2. The lowest BCUT2D eigenvalue weighted by molar-refractivity contribution is -0.668. The predicted molar refractivity (Wildman–Crippen MR) is 156 cm³/mol. The number of thiazole rings is 1. The maximum Gasteiger partial charge on any atom is 0.265 e. The molecule has 4 aromatic rings. The predicted octanol–water partition coefficient (Wildman–Crippen LogP) is 5.35. The van der Waals surface area contributed by atoms with Crippen molar-refractivity contribution < 1.29 is 30.5 Å². The highest BCUT2D eigenvalue weighted by molar-refractivity contribution is 8.04. The van der Waals surface area contributed by atoms with E-state index in [9.17, 15) is 25.9 Å². The molecule has 1 aliphatic rings. The van der Waals surface area contributed by atoms with Crippen LogP contribution in [0.3, 0.4) is 0 Å². The molecule has 1 aliphatic heterocycles. The third-order valence-corrected chi connectivity index (χ3v) is 10.8. The van der Waals surface area contributed by atoms with Gasteiger partial charge in [-0.1, -0.05) is 40.8 Å². The molecule has 2 aromatic heterocycles. The fourth-order valence-electron chi connectivity index (χ4n) is 4.36. The standard InChI is InChI=1S/C25H23ClN2O6S5/c26-19-4-6-23-21(14-19)28(9-2-12-39(32,33)34)25(37-23)15-24-27(8-1-11-38(29,30)31)20-13-17(3-5-22(20)36-24)18-7-10-35-16-18/h3-7,10,13-16H,1-2,8-9,11-12H2,(H-,29,30,31,32,33,34)/p-1. The van der Waals surface area contributed by atoms with Crippen molar-refractivity contribution in [3.05, 3.63) is 68.3 Å². The second-order valence-electron chi connectivity index (χ2n) is 8.87. The summed E-state index contributed by atoms with van der Waals surface area (Å²) in [5, 5.41) is 6.27. The number of halogens is 1. The van der Waals surface area contributed by atoms with Crippen molar-refractivity contribution in [3.8, 4) is 11.1 Å². The highest BCUT2D eigenvalue weighted by Gasteiger charge is 2.28. The topological polar surface area (TPSA) is 122 Å². The first-order chi connectivity index (χ1) is 18.5. The largest absolute Gasteiger partial charge is 0.748 e. The van der Waals surface area contributed by atoms with Crippen molar-refractivity contribution in [3.63, 3.8) is 0 Å². The summed E-state index contributed by atoms with van der Waals surface area (Å²) in [6, 6.07) is 13.7. The van der Waals surface area contributed by atoms with E-state index in [0.717, 1.165) is 42.0 Å². The van der Waals surface area contributed by atoms with Gasteiger partial charge in [0, 0.05) is 40.5 Å². The van der Waals surface area contributed by atoms with Crippen LogP contribution < -0.4 is 9.47 Å². The zero-order valence-corrected chi connectivity index (χ0v) is 25.1. The van der Waals surface area contributed by atoms with E-state index in [1.807, 2.05) is 51.3 Å². The molecule has 0 aliphatic carbocycles. The molecule has 14 heteroatoms. The summed E-state index contributed by atoms with van der Waals surface area (Å²) in [5.74, 6) is -0.943.